The molecule has 0 radical (unpaired) electrons. The summed E-state index contributed by atoms with van der Waals surface area (Å²) < 4.78 is 0. The second-order valence-corrected chi connectivity index (χ2v) is 6.51. The standard InChI is InChI=1S/C18H24N4O4/c1-14(2)19-17(23)13-20-8-10-21(11-9-20)18(24)7-6-15-4-3-5-16(12-15)22(25)26/h3-7,12,14H,8-11,13H2,1-2H3,(H,19,23)/b7-6+. The average Bonchev–Trinajstić information content (AvgIpc) is 2.59. The van der Waals surface area contributed by atoms with E-state index in [4.69, 9.17) is 0 Å². The first kappa shape index (κ1) is 19.6. The van der Waals surface area contributed by atoms with Gasteiger partial charge in [0.2, 0.25) is 11.8 Å². The van der Waals surface area contributed by atoms with Gasteiger partial charge in [0.25, 0.3) is 5.69 Å². The zero-order valence-electron chi connectivity index (χ0n) is 15.1. The van der Waals surface area contributed by atoms with E-state index in [2.05, 4.69) is 5.32 Å². The molecule has 2 rings (SSSR count). The van der Waals surface area contributed by atoms with Crippen molar-refractivity contribution in [1.82, 2.24) is 15.1 Å². The number of piperazine rings is 1. The minimum absolute atomic E-state index is 0.00659. The molecule has 0 spiro atoms. The Bertz CT molecular complexity index is 694. The first-order valence-corrected chi connectivity index (χ1v) is 8.58. The second-order valence-electron chi connectivity index (χ2n) is 6.51. The zero-order chi connectivity index (χ0) is 19.1. The normalized spacial score (nSPS) is 15.4. The number of hydrogen-bond acceptors (Lipinski definition) is 5. The Balaban J connectivity index is 1.83. The molecule has 1 aliphatic rings. The minimum Gasteiger partial charge on any atom is -0.353 e. The van der Waals surface area contributed by atoms with Crippen LogP contribution in [0, 0.1) is 10.1 Å². The van der Waals surface area contributed by atoms with Crippen LogP contribution in [0.25, 0.3) is 6.08 Å². The van der Waals surface area contributed by atoms with Crippen LogP contribution in [0.3, 0.4) is 0 Å². The molecule has 26 heavy (non-hydrogen) atoms. The Labute approximate surface area is 152 Å². The summed E-state index contributed by atoms with van der Waals surface area (Å²) in [6.45, 7) is 6.55. The van der Waals surface area contributed by atoms with E-state index in [1.54, 1.807) is 23.1 Å². The lowest BCUT2D eigenvalue weighted by molar-refractivity contribution is -0.384. The van der Waals surface area contributed by atoms with Gasteiger partial charge in [-0.15, -0.1) is 0 Å². The number of benzene rings is 1. The fraction of sp³-hybridized carbons (Fsp3) is 0.444. The summed E-state index contributed by atoms with van der Waals surface area (Å²) in [5, 5.41) is 13.6. The molecule has 1 aromatic carbocycles. The Morgan fingerprint density at radius 2 is 1.96 bits per heavy atom. The van der Waals surface area contributed by atoms with Gasteiger partial charge in [-0.3, -0.25) is 24.6 Å². The number of carbonyl (C=O) groups is 2. The summed E-state index contributed by atoms with van der Waals surface area (Å²) in [6.07, 6.45) is 3.01. The van der Waals surface area contributed by atoms with E-state index in [-0.39, 0.29) is 23.5 Å². The van der Waals surface area contributed by atoms with E-state index < -0.39 is 4.92 Å². The predicted octanol–water partition coefficient (Wildman–Crippen LogP) is 1.28. The molecular weight excluding hydrogens is 336 g/mol. The third-order valence-electron chi connectivity index (χ3n) is 4.00. The summed E-state index contributed by atoms with van der Waals surface area (Å²) >= 11 is 0. The smallest absolute Gasteiger partial charge is 0.270 e. The van der Waals surface area contributed by atoms with Crippen molar-refractivity contribution in [1.29, 1.82) is 0 Å². The molecule has 1 aliphatic heterocycles. The largest absolute Gasteiger partial charge is 0.353 e. The lowest BCUT2D eigenvalue weighted by Crippen LogP contribution is -2.51. The molecule has 0 aliphatic carbocycles. The molecule has 1 N–H and O–H groups in total. The first-order valence-electron chi connectivity index (χ1n) is 8.58. The number of nitrogens with one attached hydrogen (secondary N) is 1. The molecule has 1 aromatic rings. The Morgan fingerprint density at radius 3 is 2.58 bits per heavy atom. The van der Waals surface area contributed by atoms with E-state index in [9.17, 15) is 19.7 Å². The van der Waals surface area contributed by atoms with Crippen LogP contribution in [0.1, 0.15) is 19.4 Å². The van der Waals surface area contributed by atoms with Crippen LogP contribution in [0.4, 0.5) is 5.69 Å². The molecule has 0 unspecified atom stereocenters. The van der Waals surface area contributed by atoms with Crippen molar-refractivity contribution < 1.29 is 14.5 Å². The van der Waals surface area contributed by atoms with E-state index in [0.29, 0.717) is 38.3 Å². The van der Waals surface area contributed by atoms with Gasteiger partial charge in [0.15, 0.2) is 0 Å². The van der Waals surface area contributed by atoms with Gasteiger partial charge in [-0.05, 0) is 25.5 Å². The van der Waals surface area contributed by atoms with Gasteiger partial charge in [-0.25, -0.2) is 0 Å². The topological polar surface area (TPSA) is 95.8 Å². The highest BCUT2D eigenvalue weighted by molar-refractivity contribution is 5.92. The molecule has 0 atom stereocenters. The highest BCUT2D eigenvalue weighted by Gasteiger charge is 2.21. The molecular formula is C18H24N4O4. The van der Waals surface area contributed by atoms with Crippen molar-refractivity contribution in [2.24, 2.45) is 0 Å². The molecule has 8 heteroatoms. The summed E-state index contributed by atoms with van der Waals surface area (Å²) in [5.74, 6) is -0.145. The van der Waals surface area contributed by atoms with Gasteiger partial charge in [0, 0.05) is 50.4 Å². The van der Waals surface area contributed by atoms with Crippen molar-refractivity contribution >= 4 is 23.6 Å². The maximum absolute atomic E-state index is 12.3. The van der Waals surface area contributed by atoms with Crippen LogP contribution in [-0.2, 0) is 9.59 Å². The zero-order valence-corrected chi connectivity index (χ0v) is 15.1. The summed E-state index contributed by atoms with van der Waals surface area (Å²) in [7, 11) is 0. The summed E-state index contributed by atoms with van der Waals surface area (Å²) in [5.41, 5.74) is 0.601. The van der Waals surface area contributed by atoms with Crippen LogP contribution in [0.2, 0.25) is 0 Å². The number of nitro groups is 1. The quantitative estimate of drug-likeness (QED) is 0.468. The molecule has 0 aromatic heterocycles. The summed E-state index contributed by atoms with van der Waals surface area (Å²) in [4.78, 5) is 38.1. The van der Waals surface area contributed by atoms with Gasteiger partial charge >= 0.3 is 0 Å². The van der Waals surface area contributed by atoms with Gasteiger partial charge in [-0.2, -0.15) is 0 Å². The van der Waals surface area contributed by atoms with Crippen molar-refractivity contribution in [3.05, 3.63) is 46.0 Å². The van der Waals surface area contributed by atoms with Gasteiger partial charge in [-0.1, -0.05) is 12.1 Å². The van der Waals surface area contributed by atoms with Crippen LogP contribution in [0.15, 0.2) is 30.3 Å². The van der Waals surface area contributed by atoms with Gasteiger partial charge in [0.1, 0.15) is 0 Å². The van der Waals surface area contributed by atoms with Gasteiger partial charge in [0.05, 0.1) is 11.5 Å². The van der Waals surface area contributed by atoms with Crippen LogP contribution >= 0.6 is 0 Å². The average molecular weight is 360 g/mol. The predicted molar refractivity (Wildman–Crippen MR) is 98.4 cm³/mol. The van der Waals surface area contributed by atoms with E-state index >= 15 is 0 Å². The number of hydrogen-bond donors (Lipinski definition) is 1. The molecule has 0 bridgehead atoms. The third-order valence-corrected chi connectivity index (χ3v) is 4.00. The Kier molecular flexibility index (Phi) is 6.85. The van der Waals surface area contributed by atoms with Crippen molar-refractivity contribution in [3.63, 3.8) is 0 Å². The van der Waals surface area contributed by atoms with Crippen molar-refractivity contribution in [2.45, 2.75) is 19.9 Å². The fourth-order valence-electron chi connectivity index (χ4n) is 2.71. The van der Waals surface area contributed by atoms with E-state index in [1.165, 1.54) is 18.2 Å². The third kappa shape index (κ3) is 5.96. The monoisotopic (exact) mass is 360 g/mol. The molecule has 1 saturated heterocycles. The van der Waals surface area contributed by atoms with E-state index in [0.717, 1.165) is 0 Å². The second kappa shape index (κ2) is 9.10. The minimum atomic E-state index is -0.464. The molecule has 0 saturated carbocycles. The maximum atomic E-state index is 12.3. The highest BCUT2D eigenvalue weighted by Crippen LogP contribution is 2.14. The molecule has 1 fully saturated rings. The lowest BCUT2D eigenvalue weighted by atomic mass is 10.2. The fourth-order valence-corrected chi connectivity index (χ4v) is 2.71. The SMILES string of the molecule is CC(C)NC(=O)CN1CCN(C(=O)/C=C/c2cccc([N+](=O)[O-])c2)CC1. The maximum Gasteiger partial charge on any atom is 0.270 e. The molecule has 2 amide bonds. The molecule has 140 valence electrons. The highest BCUT2D eigenvalue weighted by atomic mass is 16.6. The van der Waals surface area contributed by atoms with Crippen LogP contribution in [-0.4, -0.2) is 65.3 Å². The Morgan fingerprint density at radius 1 is 1.27 bits per heavy atom. The van der Waals surface area contributed by atoms with Crippen LogP contribution < -0.4 is 5.32 Å². The van der Waals surface area contributed by atoms with Crippen molar-refractivity contribution in [3.8, 4) is 0 Å². The lowest BCUT2D eigenvalue weighted by Gasteiger charge is -2.33. The number of nitro benzene ring substituents is 1. The molecule has 1 heterocycles. The van der Waals surface area contributed by atoms with Crippen LogP contribution in [0.5, 0.6) is 0 Å². The molecule has 8 nitrogen and oxygen atoms in total. The summed E-state index contributed by atoms with van der Waals surface area (Å²) in [6, 6.07) is 6.25. The number of rotatable bonds is 6. The van der Waals surface area contributed by atoms with E-state index in [1.807, 2.05) is 18.7 Å². The van der Waals surface area contributed by atoms with Crippen molar-refractivity contribution in [2.75, 3.05) is 32.7 Å². The number of nitrogens with zero attached hydrogens (tertiary/aromatic N) is 3. The van der Waals surface area contributed by atoms with Gasteiger partial charge < -0.3 is 10.2 Å². The number of carbonyl (C=O) groups excluding carboxylic acids is 2. The number of amides is 2. The first-order chi connectivity index (χ1) is 12.3. The number of non-ortho nitro benzene ring substituents is 1. The Hall–Kier alpha value is -2.74.